The van der Waals surface area contributed by atoms with E-state index in [0.29, 0.717) is 36.7 Å². The van der Waals surface area contributed by atoms with Crippen molar-refractivity contribution in [2.75, 3.05) is 13.2 Å². The van der Waals surface area contributed by atoms with Gasteiger partial charge >= 0.3 is 0 Å². The lowest BCUT2D eigenvalue weighted by molar-refractivity contribution is 0.260. The van der Waals surface area contributed by atoms with Gasteiger partial charge in [0.25, 0.3) is 0 Å². The van der Waals surface area contributed by atoms with Crippen molar-refractivity contribution >= 4 is 0 Å². The number of halogens is 2. The zero-order valence-electron chi connectivity index (χ0n) is 11.9. The summed E-state index contributed by atoms with van der Waals surface area (Å²) in [6.07, 6.45) is 2.28. The maximum atomic E-state index is 13.8. The Hall–Kier alpha value is -1.79. The molecule has 0 fully saturated rings. The second-order valence-corrected chi connectivity index (χ2v) is 5.12. The summed E-state index contributed by atoms with van der Waals surface area (Å²) in [6, 6.07) is 3.78. The standard InChI is InChI=1S/C15H19F2N3O/c1-10(5-6-21)7-18-8-11-9-19-20-15(11)14-12(16)3-2-4-13(14)17/h2-4,9-10,18,21H,5-8H2,1H3,(H,19,20). The van der Waals surface area contributed by atoms with E-state index in [1.54, 1.807) is 6.20 Å². The minimum Gasteiger partial charge on any atom is -0.396 e. The van der Waals surface area contributed by atoms with Crippen molar-refractivity contribution in [3.05, 3.63) is 41.6 Å². The number of aromatic nitrogens is 2. The summed E-state index contributed by atoms with van der Waals surface area (Å²) in [5.41, 5.74) is 0.971. The zero-order valence-corrected chi connectivity index (χ0v) is 11.9. The summed E-state index contributed by atoms with van der Waals surface area (Å²) in [4.78, 5) is 0. The van der Waals surface area contributed by atoms with Crippen LogP contribution in [0.2, 0.25) is 0 Å². The Kier molecular flexibility index (Phi) is 5.41. The second kappa shape index (κ2) is 7.28. The van der Waals surface area contributed by atoms with Crippen LogP contribution in [-0.2, 0) is 6.54 Å². The van der Waals surface area contributed by atoms with Gasteiger partial charge in [-0.15, -0.1) is 0 Å². The number of aliphatic hydroxyl groups is 1. The Morgan fingerprint density at radius 2 is 2.05 bits per heavy atom. The molecule has 1 unspecified atom stereocenters. The molecule has 2 aromatic rings. The second-order valence-electron chi connectivity index (χ2n) is 5.12. The molecule has 1 atom stereocenters. The van der Waals surface area contributed by atoms with Gasteiger partial charge in [0.1, 0.15) is 11.6 Å². The van der Waals surface area contributed by atoms with Crippen molar-refractivity contribution in [1.29, 1.82) is 0 Å². The quantitative estimate of drug-likeness (QED) is 0.735. The van der Waals surface area contributed by atoms with Crippen molar-refractivity contribution in [2.45, 2.75) is 19.9 Å². The molecule has 21 heavy (non-hydrogen) atoms. The minimum atomic E-state index is -0.617. The first-order valence-electron chi connectivity index (χ1n) is 6.91. The third-order valence-electron chi connectivity index (χ3n) is 3.36. The highest BCUT2D eigenvalue weighted by Crippen LogP contribution is 2.26. The number of aromatic amines is 1. The number of H-pyrrole nitrogens is 1. The Labute approximate surface area is 122 Å². The Morgan fingerprint density at radius 3 is 2.71 bits per heavy atom. The van der Waals surface area contributed by atoms with E-state index < -0.39 is 11.6 Å². The molecule has 0 aliphatic heterocycles. The van der Waals surface area contributed by atoms with Gasteiger partial charge in [0.05, 0.1) is 17.5 Å². The maximum absolute atomic E-state index is 13.8. The lowest BCUT2D eigenvalue weighted by atomic mass is 10.1. The summed E-state index contributed by atoms with van der Waals surface area (Å²) in [5.74, 6) is -0.904. The van der Waals surface area contributed by atoms with Crippen LogP contribution in [0.15, 0.2) is 24.4 Å². The normalized spacial score (nSPS) is 12.6. The van der Waals surface area contributed by atoms with Gasteiger partial charge in [-0.2, -0.15) is 5.10 Å². The number of hydrogen-bond acceptors (Lipinski definition) is 3. The molecule has 6 heteroatoms. The van der Waals surface area contributed by atoms with Crippen LogP contribution in [0.4, 0.5) is 8.78 Å². The van der Waals surface area contributed by atoms with E-state index in [2.05, 4.69) is 15.5 Å². The number of aliphatic hydroxyl groups excluding tert-OH is 1. The van der Waals surface area contributed by atoms with E-state index in [1.807, 2.05) is 6.92 Å². The monoisotopic (exact) mass is 295 g/mol. The summed E-state index contributed by atoms with van der Waals surface area (Å²) in [7, 11) is 0. The molecule has 4 nitrogen and oxygen atoms in total. The molecule has 0 spiro atoms. The minimum absolute atomic E-state index is 0.0878. The number of nitrogens with one attached hydrogen (secondary N) is 2. The smallest absolute Gasteiger partial charge is 0.135 e. The molecule has 0 saturated heterocycles. The van der Waals surface area contributed by atoms with Gasteiger partial charge in [0.2, 0.25) is 0 Å². The molecule has 1 heterocycles. The highest BCUT2D eigenvalue weighted by atomic mass is 19.1. The van der Waals surface area contributed by atoms with Crippen molar-refractivity contribution in [1.82, 2.24) is 15.5 Å². The summed E-state index contributed by atoms with van der Waals surface area (Å²) >= 11 is 0. The zero-order chi connectivity index (χ0) is 15.2. The number of rotatable bonds is 7. The third-order valence-corrected chi connectivity index (χ3v) is 3.36. The first-order chi connectivity index (χ1) is 10.1. The highest BCUT2D eigenvalue weighted by molar-refractivity contribution is 5.64. The van der Waals surface area contributed by atoms with Crippen LogP contribution in [0.3, 0.4) is 0 Å². The van der Waals surface area contributed by atoms with Crippen LogP contribution in [0.25, 0.3) is 11.3 Å². The molecule has 0 aliphatic rings. The molecular formula is C15H19F2N3O. The fourth-order valence-corrected chi connectivity index (χ4v) is 2.17. The molecule has 0 aliphatic carbocycles. The molecule has 3 N–H and O–H groups in total. The van der Waals surface area contributed by atoms with Crippen LogP contribution >= 0.6 is 0 Å². The van der Waals surface area contributed by atoms with E-state index in [-0.39, 0.29) is 12.2 Å². The van der Waals surface area contributed by atoms with Crippen molar-refractivity contribution in [3.8, 4) is 11.3 Å². The van der Waals surface area contributed by atoms with Crippen LogP contribution in [0, 0.1) is 17.6 Å². The summed E-state index contributed by atoms with van der Waals surface area (Å²) < 4.78 is 27.6. The van der Waals surface area contributed by atoms with Gasteiger partial charge in [0, 0.05) is 18.7 Å². The van der Waals surface area contributed by atoms with Gasteiger partial charge in [0.15, 0.2) is 0 Å². The third kappa shape index (κ3) is 3.86. The SMILES string of the molecule is CC(CCO)CNCc1cn[nH]c1-c1c(F)cccc1F. The Bertz CT molecular complexity index is 566. The molecule has 1 aromatic heterocycles. The molecule has 0 radical (unpaired) electrons. The molecule has 114 valence electrons. The van der Waals surface area contributed by atoms with E-state index in [1.165, 1.54) is 18.2 Å². The van der Waals surface area contributed by atoms with Gasteiger partial charge < -0.3 is 10.4 Å². The van der Waals surface area contributed by atoms with E-state index in [9.17, 15) is 8.78 Å². The van der Waals surface area contributed by atoms with Crippen LogP contribution in [0.5, 0.6) is 0 Å². The van der Waals surface area contributed by atoms with Crippen LogP contribution in [-0.4, -0.2) is 28.5 Å². The topological polar surface area (TPSA) is 60.9 Å². The van der Waals surface area contributed by atoms with Gasteiger partial charge in [-0.1, -0.05) is 13.0 Å². The Morgan fingerprint density at radius 1 is 1.33 bits per heavy atom. The van der Waals surface area contributed by atoms with E-state index in [0.717, 1.165) is 0 Å². The average Bonchev–Trinajstić information content (AvgIpc) is 2.87. The van der Waals surface area contributed by atoms with Gasteiger partial charge in [-0.25, -0.2) is 8.78 Å². The van der Waals surface area contributed by atoms with E-state index in [4.69, 9.17) is 5.11 Å². The van der Waals surface area contributed by atoms with Crippen molar-refractivity contribution in [2.24, 2.45) is 5.92 Å². The number of hydrogen-bond donors (Lipinski definition) is 3. The largest absolute Gasteiger partial charge is 0.396 e. The average molecular weight is 295 g/mol. The molecule has 0 amide bonds. The predicted molar refractivity (Wildman–Crippen MR) is 76.5 cm³/mol. The number of benzene rings is 1. The summed E-state index contributed by atoms with van der Waals surface area (Å²) in [6.45, 7) is 3.34. The van der Waals surface area contributed by atoms with E-state index >= 15 is 0 Å². The maximum Gasteiger partial charge on any atom is 0.135 e. The van der Waals surface area contributed by atoms with Crippen molar-refractivity contribution < 1.29 is 13.9 Å². The molecular weight excluding hydrogens is 276 g/mol. The highest BCUT2D eigenvalue weighted by Gasteiger charge is 2.16. The van der Waals surface area contributed by atoms with Crippen LogP contribution in [0.1, 0.15) is 18.9 Å². The van der Waals surface area contributed by atoms with Gasteiger partial charge in [-0.05, 0) is 31.0 Å². The lowest BCUT2D eigenvalue weighted by Crippen LogP contribution is -2.21. The van der Waals surface area contributed by atoms with Gasteiger partial charge in [-0.3, -0.25) is 5.10 Å². The molecule has 2 rings (SSSR count). The van der Waals surface area contributed by atoms with Crippen molar-refractivity contribution in [3.63, 3.8) is 0 Å². The lowest BCUT2D eigenvalue weighted by Gasteiger charge is -2.11. The Balaban J connectivity index is 2.09. The summed E-state index contributed by atoms with van der Waals surface area (Å²) in [5, 5.41) is 18.6. The van der Waals surface area contributed by atoms with Crippen LogP contribution < -0.4 is 5.32 Å². The number of nitrogens with zero attached hydrogens (tertiary/aromatic N) is 1. The molecule has 1 aromatic carbocycles. The predicted octanol–water partition coefficient (Wildman–Crippen LogP) is 2.46. The molecule has 0 bridgehead atoms. The fourth-order valence-electron chi connectivity index (χ4n) is 2.17. The fraction of sp³-hybridized carbons (Fsp3) is 0.400. The first kappa shape index (κ1) is 15.6. The first-order valence-corrected chi connectivity index (χ1v) is 6.91. The molecule has 0 saturated carbocycles.